The molecule has 18 heteroatoms. The molecule has 0 aliphatic carbocycles. The Bertz CT molecular complexity index is 9020. The Balaban J connectivity index is 0.0000000985. The average Bonchev–Trinajstić information content (AvgIpc) is 0.684. The normalized spacial score (nSPS) is 14.0. The molecule has 0 atom stereocenters. The maximum atomic E-state index is 7.14. The first-order chi connectivity index (χ1) is 73.5. The first-order valence-electron chi connectivity index (χ1n) is 50.9. The molecule has 0 unspecified atom stereocenters. The molecule has 0 saturated heterocycles. The molecule has 22 aromatic carbocycles. The molecule has 0 bridgehead atoms. The van der Waals surface area contributed by atoms with Crippen LogP contribution in [0.4, 0.5) is 102 Å². The number of anilines is 18. The highest BCUT2D eigenvalue weighted by molar-refractivity contribution is 7.04. The van der Waals surface area contributed by atoms with Crippen LogP contribution in [0.15, 0.2) is 485 Å². The van der Waals surface area contributed by atoms with Gasteiger partial charge in [0.25, 0.3) is 40.3 Å². The fourth-order valence-corrected chi connectivity index (χ4v) is 26.2. The first kappa shape index (κ1) is 82.6. The second-order valence-corrected chi connectivity index (χ2v) is 39.7. The van der Waals surface area contributed by atoms with Crippen LogP contribution in [-0.2, 0) is 0 Å². The molecule has 0 radical (unpaired) electrons. The smallest absolute Gasteiger partial charge is 0.261 e. The van der Waals surface area contributed by atoms with Crippen molar-refractivity contribution < 1.29 is 28.4 Å². The second kappa shape index (κ2) is 32.3. The van der Waals surface area contributed by atoms with E-state index in [2.05, 4.69) is 515 Å². The van der Waals surface area contributed by atoms with Gasteiger partial charge in [-0.15, -0.1) is 0 Å². The molecular formula is C130H80B6N6O6. The molecule has 12 heterocycles. The van der Waals surface area contributed by atoms with Crippen LogP contribution in [0.5, 0.6) is 69.0 Å². The van der Waals surface area contributed by atoms with Gasteiger partial charge in [0.2, 0.25) is 0 Å². The van der Waals surface area contributed by atoms with Gasteiger partial charge in [-0.3, -0.25) is 0 Å². The van der Waals surface area contributed by atoms with Crippen molar-refractivity contribution in [3.05, 3.63) is 485 Å². The van der Waals surface area contributed by atoms with E-state index < -0.39 is 0 Å². The molecule has 12 aliphatic heterocycles. The average molecular weight is 1890 g/mol. The van der Waals surface area contributed by atoms with Crippen LogP contribution in [0, 0.1) is 0 Å². The highest BCUT2D eigenvalue weighted by Crippen LogP contribution is 2.51. The van der Waals surface area contributed by atoms with E-state index in [-0.39, 0.29) is 40.3 Å². The van der Waals surface area contributed by atoms with Crippen LogP contribution >= 0.6 is 0 Å². The lowest BCUT2D eigenvalue weighted by Crippen LogP contribution is -2.64. The quantitative estimate of drug-likeness (QED) is 0.149. The summed E-state index contributed by atoms with van der Waals surface area (Å²) in [6.45, 7) is 0.0259. The van der Waals surface area contributed by atoms with E-state index in [1.165, 1.54) is 116 Å². The molecule has 22 aromatic rings. The summed E-state index contributed by atoms with van der Waals surface area (Å²) in [4.78, 5) is 14.2. The van der Waals surface area contributed by atoms with E-state index in [0.29, 0.717) is 0 Å². The SMILES string of the molecule is c1ccc(N2c3ccccc3B3c4cc5c(cc4Oc4cccc2c43)B2c3ccccc3N(c3ccccc3)c3cccc(c32)O5)cc1.c1ccc(N2c3ccccc3B3c4cc5cc6c(cc5cc4Oc4cccc2c43)B2c3ccccc3N(c3ccccc3)c3cccc(c32)O6)cc1.c1ccc(N2c3ccccc3B3c4ccc5c(c4Oc4cccc2c43)B2c3ccccc3N(c3ccccc3)c3cccc(c32)O5)cc1. The molecule has 12 aliphatic rings. The molecule has 0 amide bonds. The topological polar surface area (TPSA) is 74.8 Å². The van der Waals surface area contributed by atoms with Crippen molar-refractivity contribution >= 4 is 252 Å². The highest BCUT2D eigenvalue weighted by atomic mass is 16.5. The van der Waals surface area contributed by atoms with E-state index in [0.717, 1.165) is 164 Å². The summed E-state index contributed by atoms with van der Waals surface area (Å²) in [5.74, 6) is 10.7. The van der Waals surface area contributed by atoms with E-state index in [1.54, 1.807) is 0 Å². The van der Waals surface area contributed by atoms with Crippen LogP contribution < -0.4 is 156 Å². The first-order valence-corrected chi connectivity index (χ1v) is 50.9. The minimum atomic E-state index is -0.0598. The summed E-state index contributed by atoms with van der Waals surface area (Å²) in [6, 6.07) is 173. The summed E-state index contributed by atoms with van der Waals surface area (Å²) >= 11 is 0. The molecule has 12 nitrogen and oxygen atoms in total. The third kappa shape index (κ3) is 12.1. The maximum absolute atomic E-state index is 7.14. The van der Waals surface area contributed by atoms with Crippen LogP contribution in [-0.4, -0.2) is 40.3 Å². The van der Waals surface area contributed by atoms with Crippen LogP contribution in [0.25, 0.3) is 10.8 Å². The molecule has 0 aromatic heterocycles. The van der Waals surface area contributed by atoms with E-state index in [9.17, 15) is 0 Å². The minimum absolute atomic E-state index is 0.00459. The lowest BCUT2D eigenvalue weighted by molar-refractivity contribution is 0.469. The number of para-hydroxylation sites is 12. The zero-order valence-corrected chi connectivity index (χ0v) is 79.8. The van der Waals surface area contributed by atoms with Gasteiger partial charge in [-0.25, -0.2) is 0 Å². The van der Waals surface area contributed by atoms with Crippen molar-refractivity contribution in [1.29, 1.82) is 0 Å². The zero-order valence-electron chi connectivity index (χ0n) is 79.8. The van der Waals surface area contributed by atoms with Gasteiger partial charge in [0.1, 0.15) is 69.0 Å². The monoisotopic (exact) mass is 1890 g/mol. The lowest BCUT2D eigenvalue weighted by atomic mass is 9.30. The molecule has 0 saturated carbocycles. The highest BCUT2D eigenvalue weighted by Gasteiger charge is 2.53. The van der Waals surface area contributed by atoms with E-state index in [1.807, 2.05) is 0 Å². The van der Waals surface area contributed by atoms with Crippen molar-refractivity contribution in [2.75, 3.05) is 29.4 Å². The number of fused-ring (bicyclic) bond motifs is 26. The summed E-state index contributed by atoms with van der Waals surface area (Å²) in [5, 5.41) is 2.28. The molecule has 0 fully saturated rings. The molecule has 34 rings (SSSR count). The summed E-state index contributed by atoms with van der Waals surface area (Å²) in [5.41, 5.74) is 42.3. The summed E-state index contributed by atoms with van der Waals surface area (Å²) < 4.78 is 41.5. The number of nitrogens with zero attached hydrogens (tertiary/aromatic N) is 6. The molecule has 0 N–H and O–H groups in total. The largest absolute Gasteiger partial charge is 0.459 e. The van der Waals surface area contributed by atoms with Gasteiger partial charge < -0.3 is 57.8 Å². The molecule has 684 valence electrons. The van der Waals surface area contributed by atoms with Crippen molar-refractivity contribution in [3.8, 4) is 69.0 Å². The lowest BCUT2D eigenvalue weighted by Gasteiger charge is -2.43. The Labute approximate surface area is 857 Å². The number of rotatable bonds is 6. The summed E-state index contributed by atoms with van der Waals surface area (Å²) in [7, 11) is 0. The fourth-order valence-electron chi connectivity index (χ4n) is 26.2. The van der Waals surface area contributed by atoms with E-state index >= 15 is 0 Å². The molecule has 0 spiro atoms. The van der Waals surface area contributed by atoms with Gasteiger partial charge in [-0.05, 0) is 316 Å². The molecular weight excluding hydrogens is 1810 g/mol. The number of benzene rings is 22. The van der Waals surface area contributed by atoms with Crippen molar-refractivity contribution in [2.45, 2.75) is 0 Å². The van der Waals surface area contributed by atoms with Crippen LogP contribution in [0.3, 0.4) is 0 Å². The Kier molecular flexibility index (Phi) is 18.0. The molecule has 148 heavy (non-hydrogen) atoms. The maximum Gasteiger partial charge on any atom is 0.261 e. The standard InChI is InChI=1S/C46H28B2N2O2.2C42H26B2N2O2/c1-3-13-31(14-4-1)49-37-19-9-7-17-33(37)47-35-25-29-28-44-36(26-30(29)27-43(35)51-41-23-11-21-39(49)45(41)47)48-34-18-8-10-20-38(34)50(32-15-5-2-6-16-32)40-22-12-24-42(52-44)46(40)48;1-3-13-27(14-4-1)45-32-19-9-7-17-29(32)43-31-25-26-38-41(42(31)48-37-24-12-21-34(45)39(37)43)44-30-18-8-10-20-33(30)46(28-15-5-2-6-16-28)35-22-11-23-36(47-38)40(35)44;1-3-13-27(14-4-1)45-33-19-9-7-17-29(33)43-31-25-40-32(26-39(31)47-37-23-11-21-35(45)41(37)43)44-30-18-8-10-20-34(30)46(28-15-5-2-6-16-28)36-22-12-24-38(48-40)42(36)44/h1-28H;2*1-26H. The number of hydrogen-bond donors (Lipinski definition) is 0. The Morgan fingerprint density at radius 1 is 0.122 bits per heavy atom. The van der Waals surface area contributed by atoms with Crippen LogP contribution in [0.1, 0.15) is 0 Å². The Hall–Kier alpha value is -18.9. The second-order valence-electron chi connectivity index (χ2n) is 39.7. The number of hydrogen-bond acceptors (Lipinski definition) is 12. The van der Waals surface area contributed by atoms with Crippen molar-refractivity contribution in [2.24, 2.45) is 0 Å². The summed E-state index contributed by atoms with van der Waals surface area (Å²) in [6.07, 6.45) is 0. The predicted octanol–water partition coefficient (Wildman–Crippen LogP) is 20.6. The number of ether oxygens (including phenoxy) is 6. The zero-order chi connectivity index (χ0) is 96.6. The third-order valence-electron chi connectivity index (χ3n) is 32.0. The van der Waals surface area contributed by atoms with Crippen molar-refractivity contribution in [3.63, 3.8) is 0 Å². The third-order valence-corrected chi connectivity index (χ3v) is 32.0. The fraction of sp³-hybridized carbons (Fsp3) is 0. The van der Waals surface area contributed by atoms with Crippen molar-refractivity contribution in [1.82, 2.24) is 0 Å². The van der Waals surface area contributed by atoms with E-state index in [4.69, 9.17) is 28.4 Å². The van der Waals surface area contributed by atoms with Gasteiger partial charge in [0, 0.05) is 108 Å². The van der Waals surface area contributed by atoms with Crippen LogP contribution in [0.2, 0.25) is 0 Å². The Morgan fingerprint density at radius 2 is 0.318 bits per heavy atom. The predicted molar refractivity (Wildman–Crippen MR) is 612 cm³/mol. The Morgan fingerprint density at radius 3 is 0.588 bits per heavy atom. The van der Waals surface area contributed by atoms with Gasteiger partial charge in [-0.2, -0.15) is 0 Å². The van der Waals surface area contributed by atoms with Gasteiger partial charge in [-0.1, -0.05) is 273 Å². The van der Waals surface area contributed by atoms with Gasteiger partial charge in [0.05, 0.1) is 0 Å². The van der Waals surface area contributed by atoms with Gasteiger partial charge in [0.15, 0.2) is 0 Å². The minimum Gasteiger partial charge on any atom is -0.459 e. The van der Waals surface area contributed by atoms with Gasteiger partial charge >= 0.3 is 0 Å².